The Labute approximate surface area is 106 Å². The van der Waals surface area contributed by atoms with Gasteiger partial charge in [-0.15, -0.1) is 0 Å². The number of hydrogen-bond donors (Lipinski definition) is 3. The molecule has 5 N–H and O–H groups in total. The first-order valence-corrected chi connectivity index (χ1v) is 6.82. The smallest absolute Gasteiger partial charge is 0.243 e. The van der Waals surface area contributed by atoms with Gasteiger partial charge in [0.1, 0.15) is 4.90 Å². The largest absolute Gasteiger partial charge is 0.398 e. The standard InChI is InChI=1S/C11H17N3O3S/c1-6-4-5-9(12)10(7(6)2)18(16,17)14-8(3)11(13)15/h4-5,8,14H,12H2,1-3H3,(H2,13,15). The Morgan fingerprint density at radius 1 is 1.33 bits per heavy atom. The summed E-state index contributed by atoms with van der Waals surface area (Å²) in [6.07, 6.45) is 0. The fraction of sp³-hybridized carbons (Fsp3) is 0.364. The number of aryl methyl sites for hydroxylation is 1. The summed E-state index contributed by atoms with van der Waals surface area (Å²) in [6.45, 7) is 4.82. The first-order chi connectivity index (χ1) is 8.16. The molecule has 100 valence electrons. The van der Waals surface area contributed by atoms with Crippen LogP contribution in [-0.2, 0) is 14.8 Å². The summed E-state index contributed by atoms with van der Waals surface area (Å²) in [4.78, 5) is 10.9. The van der Waals surface area contributed by atoms with Gasteiger partial charge < -0.3 is 11.5 Å². The molecule has 0 aliphatic heterocycles. The Kier molecular flexibility index (Phi) is 3.98. The van der Waals surface area contributed by atoms with Crippen molar-refractivity contribution in [3.05, 3.63) is 23.3 Å². The SMILES string of the molecule is Cc1ccc(N)c(S(=O)(=O)NC(C)C(N)=O)c1C. The molecule has 0 aliphatic rings. The van der Waals surface area contributed by atoms with E-state index in [0.717, 1.165) is 5.56 Å². The van der Waals surface area contributed by atoms with E-state index < -0.39 is 22.0 Å². The second-order valence-corrected chi connectivity index (χ2v) is 5.82. The van der Waals surface area contributed by atoms with Crippen LogP contribution in [0.4, 0.5) is 5.69 Å². The second kappa shape index (κ2) is 4.95. The zero-order valence-corrected chi connectivity index (χ0v) is 11.3. The molecule has 1 atom stereocenters. The number of carbonyl (C=O) groups excluding carboxylic acids is 1. The average Bonchev–Trinajstić information content (AvgIpc) is 2.23. The van der Waals surface area contributed by atoms with Crippen LogP contribution >= 0.6 is 0 Å². The van der Waals surface area contributed by atoms with Crippen molar-refractivity contribution in [1.82, 2.24) is 4.72 Å². The normalized spacial score (nSPS) is 13.3. The number of rotatable bonds is 4. The van der Waals surface area contributed by atoms with Crippen LogP contribution in [0, 0.1) is 13.8 Å². The summed E-state index contributed by atoms with van der Waals surface area (Å²) in [5, 5.41) is 0. The summed E-state index contributed by atoms with van der Waals surface area (Å²) in [5.41, 5.74) is 12.2. The Bertz CT molecular complexity index is 581. The van der Waals surface area contributed by atoms with Gasteiger partial charge in [-0.2, -0.15) is 4.72 Å². The van der Waals surface area contributed by atoms with Crippen molar-refractivity contribution in [2.45, 2.75) is 31.7 Å². The van der Waals surface area contributed by atoms with E-state index in [-0.39, 0.29) is 10.6 Å². The third kappa shape index (κ3) is 2.80. The third-order valence-electron chi connectivity index (χ3n) is 2.73. The quantitative estimate of drug-likeness (QED) is 0.670. The van der Waals surface area contributed by atoms with Crippen molar-refractivity contribution in [3.8, 4) is 0 Å². The predicted octanol–water partition coefficient (Wildman–Crippen LogP) is 0.0377. The van der Waals surface area contributed by atoms with E-state index in [1.807, 2.05) is 0 Å². The zero-order valence-electron chi connectivity index (χ0n) is 10.5. The molecular weight excluding hydrogens is 254 g/mol. The molecule has 1 aromatic rings. The summed E-state index contributed by atoms with van der Waals surface area (Å²) >= 11 is 0. The molecule has 0 saturated carbocycles. The van der Waals surface area contributed by atoms with E-state index in [9.17, 15) is 13.2 Å². The molecule has 1 amide bonds. The number of nitrogen functional groups attached to an aromatic ring is 1. The van der Waals surface area contributed by atoms with Gasteiger partial charge in [-0.05, 0) is 38.0 Å². The second-order valence-electron chi connectivity index (χ2n) is 4.17. The van der Waals surface area contributed by atoms with Gasteiger partial charge in [0.05, 0.1) is 11.7 Å². The van der Waals surface area contributed by atoms with Gasteiger partial charge in [-0.3, -0.25) is 4.79 Å². The molecule has 0 radical (unpaired) electrons. The summed E-state index contributed by atoms with van der Waals surface area (Å²) < 4.78 is 26.5. The summed E-state index contributed by atoms with van der Waals surface area (Å²) in [7, 11) is -3.86. The van der Waals surface area contributed by atoms with E-state index in [4.69, 9.17) is 11.5 Å². The van der Waals surface area contributed by atoms with Gasteiger partial charge in [-0.25, -0.2) is 8.42 Å². The number of benzene rings is 1. The number of primary amides is 1. The highest BCUT2D eigenvalue weighted by Gasteiger charge is 2.24. The van der Waals surface area contributed by atoms with Gasteiger partial charge in [0.25, 0.3) is 0 Å². The Morgan fingerprint density at radius 2 is 1.89 bits per heavy atom. The topological polar surface area (TPSA) is 115 Å². The Morgan fingerprint density at radius 3 is 2.39 bits per heavy atom. The maximum Gasteiger partial charge on any atom is 0.243 e. The molecule has 0 heterocycles. The first-order valence-electron chi connectivity index (χ1n) is 5.34. The highest BCUT2D eigenvalue weighted by atomic mass is 32.2. The van der Waals surface area contributed by atoms with Crippen molar-refractivity contribution in [2.75, 3.05) is 5.73 Å². The zero-order chi connectivity index (χ0) is 14.1. The highest BCUT2D eigenvalue weighted by Crippen LogP contribution is 2.25. The van der Waals surface area contributed by atoms with Crippen LogP contribution in [0.2, 0.25) is 0 Å². The number of nitrogens with two attached hydrogens (primary N) is 2. The van der Waals surface area contributed by atoms with Crippen LogP contribution in [0.25, 0.3) is 0 Å². The molecular formula is C11H17N3O3S. The summed E-state index contributed by atoms with van der Waals surface area (Å²) in [6, 6.07) is 2.27. The van der Waals surface area contributed by atoms with E-state index in [1.54, 1.807) is 19.9 Å². The minimum atomic E-state index is -3.86. The molecule has 7 heteroatoms. The molecule has 1 rings (SSSR count). The van der Waals surface area contributed by atoms with Crippen LogP contribution in [0.3, 0.4) is 0 Å². The molecule has 0 bridgehead atoms. The number of nitrogens with one attached hydrogen (secondary N) is 1. The third-order valence-corrected chi connectivity index (χ3v) is 4.48. The molecule has 1 aromatic carbocycles. The molecule has 6 nitrogen and oxygen atoms in total. The van der Waals surface area contributed by atoms with Gasteiger partial charge >= 0.3 is 0 Å². The van der Waals surface area contributed by atoms with Crippen molar-refractivity contribution < 1.29 is 13.2 Å². The fourth-order valence-electron chi connectivity index (χ4n) is 1.52. The Balaban J connectivity index is 3.29. The maximum absolute atomic E-state index is 12.1. The fourth-order valence-corrected chi connectivity index (χ4v) is 3.16. The number of hydrogen-bond acceptors (Lipinski definition) is 4. The minimum absolute atomic E-state index is 0.00407. The number of amides is 1. The maximum atomic E-state index is 12.1. The van der Waals surface area contributed by atoms with Gasteiger partial charge in [0.2, 0.25) is 15.9 Å². The highest BCUT2D eigenvalue weighted by molar-refractivity contribution is 7.89. The predicted molar refractivity (Wildman–Crippen MR) is 69.3 cm³/mol. The number of sulfonamides is 1. The molecule has 1 unspecified atom stereocenters. The van der Waals surface area contributed by atoms with Crippen molar-refractivity contribution in [2.24, 2.45) is 5.73 Å². The van der Waals surface area contributed by atoms with Crippen LogP contribution in [0.15, 0.2) is 17.0 Å². The average molecular weight is 271 g/mol. The van der Waals surface area contributed by atoms with E-state index in [1.165, 1.54) is 13.0 Å². The Hall–Kier alpha value is -1.60. The van der Waals surface area contributed by atoms with Crippen LogP contribution < -0.4 is 16.2 Å². The summed E-state index contributed by atoms with van der Waals surface area (Å²) in [5.74, 6) is -0.748. The lowest BCUT2D eigenvalue weighted by Crippen LogP contribution is -2.42. The van der Waals surface area contributed by atoms with Crippen LogP contribution in [-0.4, -0.2) is 20.4 Å². The molecule has 0 saturated heterocycles. The lowest BCUT2D eigenvalue weighted by Gasteiger charge is -2.15. The molecule has 0 aromatic heterocycles. The molecule has 0 spiro atoms. The van der Waals surface area contributed by atoms with Gasteiger partial charge in [0.15, 0.2) is 0 Å². The van der Waals surface area contributed by atoms with Gasteiger partial charge in [-0.1, -0.05) is 6.07 Å². The molecule has 0 fully saturated rings. The van der Waals surface area contributed by atoms with Crippen molar-refractivity contribution in [3.63, 3.8) is 0 Å². The van der Waals surface area contributed by atoms with E-state index >= 15 is 0 Å². The van der Waals surface area contributed by atoms with Gasteiger partial charge in [0, 0.05) is 0 Å². The number of carbonyl (C=O) groups is 1. The monoisotopic (exact) mass is 271 g/mol. The van der Waals surface area contributed by atoms with Crippen molar-refractivity contribution >= 4 is 21.6 Å². The van der Waals surface area contributed by atoms with Crippen molar-refractivity contribution in [1.29, 1.82) is 0 Å². The van der Waals surface area contributed by atoms with E-state index in [2.05, 4.69) is 4.72 Å². The number of anilines is 1. The van der Waals surface area contributed by atoms with Crippen LogP contribution in [0.1, 0.15) is 18.1 Å². The molecule has 0 aliphatic carbocycles. The van der Waals surface area contributed by atoms with Crippen LogP contribution in [0.5, 0.6) is 0 Å². The lowest BCUT2D eigenvalue weighted by molar-refractivity contribution is -0.119. The molecule has 18 heavy (non-hydrogen) atoms. The minimum Gasteiger partial charge on any atom is -0.398 e. The van der Waals surface area contributed by atoms with E-state index in [0.29, 0.717) is 5.56 Å². The first kappa shape index (κ1) is 14.5. The lowest BCUT2D eigenvalue weighted by atomic mass is 10.1.